The third-order valence-electron chi connectivity index (χ3n) is 3.46. The highest BCUT2D eigenvalue weighted by Crippen LogP contribution is 2.31. The van der Waals surface area contributed by atoms with Crippen LogP contribution in [0.3, 0.4) is 0 Å². The molecule has 0 radical (unpaired) electrons. The Labute approximate surface area is 145 Å². The number of anilines is 3. The lowest BCUT2D eigenvalue weighted by atomic mass is 9.98. The zero-order chi connectivity index (χ0) is 17.9. The molecule has 0 saturated heterocycles. The molecule has 1 rings (SSSR count). The van der Waals surface area contributed by atoms with E-state index in [0.717, 1.165) is 38.9 Å². The van der Waals surface area contributed by atoms with Crippen LogP contribution in [0.25, 0.3) is 0 Å². The molecular weight excluding hydrogens is 300 g/mol. The van der Waals surface area contributed by atoms with Crippen molar-refractivity contribution in [1.82, 2.24) is 0 Å². The maximum Gasteiger partial charge on any atom is 0.0534 e. The van der Waals surface area contributed by atoms with E-state index >= 15 is 0 Å². The summed E-state index contributed by atoms with van der Waals surface area (Å²) in [4.78, 5) is 13.1. The lowest BCUT2D eigenvalue weighted by molar-refractivity contribution is 0.936. The van der Waals surface area contributed by atoms with E-state index in [0.29, 0.717) is 33.8 Å². The molecule has 6 nitrogen and oxygen atoms in total. The average molecular weight is 330 g/mol. The van der Waals surface area contributed by atoms with Crippen molar-refractivity contribution >= 4 is 35.7 Å². The number of hydrogen-bond acceptors (Lipinski definition) is 6. The number of nitrogen functional groups attached to an aromatic ring is 3. The molecule has 6 N–H and O–H groups in total. The molecule has 0 aliphatic rings. The van der Waals surface area contributed by atoms with E-state index in [2.05, 4.69) is 35.7 Å². The lowest BCUT2D eigenvalue weighted by Crippen LogP contribution is -2.12. The smallest absolute Gasteiger partial charge is 0.0534 e. The third-order valence-corrected chi connectivity index (χ3v) is 3.46. The first kappa shape index (κ1) is 19.7. The highest BCUT2D eigenvalue weighted by molar-refractivity contribution is 6.11. The van der Waals surface area contributed by atoms with Gasteiger partial charge in [0, 0.05) is 55.0 Å². The molecule has 0 unspecified atom stereocenters. The normalized spacial score (nSPS) is 12.1. The minimum atomic E-state index is 0.511. The molecule has 0 fully saturated rings. The van der Waals surface area contributed by atoms with Gasteiger partial charge in [0.15, 0.2) is 0 Å². The second-order valence-electron chi connectivity index (χ2n) is 5.59. The van der Waals surface area contributed by atoms with Crippen molar-refractivity contribution in [3.8, 4) is 0 Å². The van der Waals surface area contributed by atoms with E-state index in [4.69, 9.17) is 17.2 Å². The minimum absolute atomic E-state index is 0.511. The van der Waals surface area contributed by atoms with Crippen LogP contribution < -0.4 is 17.2 Å². The molecule has 0 saturated carbocycles. The van der Waals surface area contributed by atoms with Crippen molar-refractivity contribution in [3.63, 3.8) is 0 Å². The largest absolute Gasteiger partial charge is 0.398 e. The second kappa shape index (κ2) is 10.4. The Bertz CT molecular complexity index is 510. The van der Waals surface area contributed by atoms with Crippen molar-refractivity contribution in [1.29, 1.82) is 0 Å². The quantitative estimate of drug-likeness (QED) is 0.477. The number of nitrogens with two attached hydrogens (primary N) is 3. The number of aliphatic imine (C=N–C) groups is 3. The Kier molecular flexibility index (Phi) is 8.54. The standard InChI is InChI=1S/C18H30N6/c1-4-7-22-10-13-16(19)14(11-23-8-5-2)18(21)15(17(13)20)12-24-9-6-3/h10-12H,4-9,19-21H2,1-3H3. The summed E-state index contributed by atoms with van der Waals surface area (Å²) >= 11 is 0. The fourth-order valence-corrected chi connectivity index (χ4v) is 2.14. The summed E-state index contributed by atoms with van der Waals surface area (Å²) in [5.74, 6) is 0. The van der Waals surface area contributed by atoms with Gasteiger partial charge in [-0.15, -0.1) is 0 Å². The molecular formula is C18H30N6. The first-order valence-corrected chi connectivity index (χ1v) is 8.58. The molecule has 0 heterocycles. The topological polar surface area (TPSA) is 115 Å². The predicted molar refractivity (Wildman–Crippen MR) is 108 cm³/mol. The van der Waals surface area contributed by atoms with Gasteiger partial charge in [0.1, 0.15) is 0 Å². The number of benzene rings is 1. The van der Waals surface area contributed by atoms with Gasteiger partial charge in [-0.25, -0.2) is 0 Å². The Morgan fingerprint density at radius 1 is 0.583 bits per heavy atom. The highest BCUT2D eigenvalue weighted by atomic mass is 14.8. The molecule has 132 valence electrons. The zero-order valence-corrected chi connectivity index (χ0v) is 15.0. The third kappa shape index (κ3) is 5.08. The monoisotopic (exact) mass is 330 g/mol. The maximum absolute atomic E-state index is 6.29. The van der Waals surface area contributed by atoms with Gasteiger partial charge in [0.25, 0.3) is 0 Å². The van der Waals surface area contributed by atoms with Crippen molar-refractivity contribution in [2.75, 3.05) is 36.8 Å². The molecule has 0 aromatic heterocycles. The summed E-state index contributed by atoms with van der Waals surface area (Å²) in [6.07, 6.45) is 8.05. The molecule has 0 aliphatic heterocycles. The second-order valence-corrected chi connectivity index (χ2v) is 5.59. The fraction of sp³-hybridized carbons (Fsp3) is 0.500. The van der Waals surface area contributed by atoms with Crippen molar-refractivity contribution < 1.29 is 0 Å². The van der Waals surface area contributed by atoms with Gasteiger partial charge in [0.2, 0.25) is 0 Å². The number of nitrogens with zero attached hydrogens (tertiary/aromatic N) is 3. The van der Waals surface area contributed by atoms with Crippen molar-refractivity contribution in [2.24, 2.45) is 15.0 Å². The van der Waals surface area contributed by atoms with E-state index in [9.17, 15) is 0 Å². The van der Waals surface area contributed by atoms with Gasteiger partial charge < -0.3 is 17.2 Å². The van der Waals surface area contributed by atoms with Gasteiger partial charge >= 0.3 is 0 Å². The van der Waals surface area contributed by atoms with Crippen LogP contribution in [0.4, 0.5) is 17.1 Å². The Morgan fingerprint density at radius 2 is 0.833 bits per heavy atom. The van der Waals surface area contributed by atoms with Gasteiger partial charge in [-0.1, -0.05) is 20.8 Å². The highest BCUT2D eigenvalue weighted by Gasteiger charge is 2.16. The predicted octanol–water partition coefficient (Wildman–Crippen LogP) is 2.92. The molecule has 0 aliphatic carbocycles. The molecule has 0 amide bonds. The van der Waals surface area contributed by atoms with E-state index in [-0.39, 0.29) is 0 Å². The first-order valence-electron chi connectivity index (χ1n) is 8.58. The zero-order valence-electron chi connectivity index (χ0n) is 15.0. The fourth-order valence-electron chi connectivity index (χ4n) is 2.14. The summed E-state index contributed by atoms with van der Waals surface area (Å²) in [5, 5.41) is 0. The summed E-state index contributed by atoms with van der Waals surface area (Å²) < 4.78 is 0. The van der Waals surface area contributed by atoms with Gasteiger partial charge in [-0.3, -0.25) is 15.0 Å². The first-order chi connectivity index (χ1) is 11.6. The van der Waals surface area contributed by atoms with Gasteiger partial charge in [-0.2, -0.15) is 0 Å². The van der Waals surface area contributed by atoms with Crippen LogP contribution >= 0.6 is 0 Å². The maximum atomic E-state index is 6.29. The van der Waals surface area contributed by atoms with Crippen LogP contribution in [0.2, 0.25) is 0 Å². The van der Waals surface area contributed by atoms with Crippen LogP contribution in [0, 0.1) is 0 Å². The summed E-state index contributed by atoms with van der Waals surface area (Å²) in [7, 11) is 0. The van der Waals surface area contributed by atoms with Crippen LogP contribution in [-0.2, 0) is 0 Å². The molecule has 24 heavy (non-hydrogen) atoms. The SMILES string of the molecule is CCCN=Cc1c(N)c(C=NCCC)c(N)c(C=NCCC)c1N. The molecule has 1 aromatic rings. The Morgan fingerprint density at radius 3 is 1.04 bits per heavy atom. The number of rotatable bonds is 9. The summed E-state index contributed by atoms with van der Waals surface area (Å²) in [5.41, 5.74) is 22.5. The summed E-state index contributed by atoms with van der Waals surface area (Å²) in [6, 6.07) is 0. The van der Waals surface area contributed by atoms with E-state index in [1.165, 1.54) is 0 Å². The van der Waals surface area contributed by atoms with Crippen LogP contribution in [0.5, 0.6) is 0 Å². The molecule has 0 atom stereocenters. The summed E-state index contributed by atoms with van der Waals surface area (Å²) in [6.45, 7) is 8.38. The average Bonchev–Trinajstić information content (AvgIpc) is 2.57. The van der Waals surface area contributed by atoms with E-state index in [1.54, 1.807) is 18.6 Å². The van der Waals surface area contributed by atoms with Crippen molar-refractivity contribution in [2.45, 2.75) is 40.0 Å². The van der Waals surface area contributed by atoms with Crippen molar-refractivity contribution in [3.05, 3.63) is 16.7 Å². The number of hydrogen-bond donors (Lipinski definition) is 3. The Balaban J connectivity index is 3.46. The minimum Gasteiger partial charge on any atom is -0.398 e. The van der Waals surface area contributed by atoms with E-state index < -0.39 is 0 Å². The Hall–Kier alpha value is -2.37. The van der Waals surface area contributed by atoms with Gasteiger partial charge in [-0.05, 0) is 19.3 Å². The van der Waals surface area contributed by atoms with Crippen LogP contribution in [0.15, 0.2) is 15.0 Å². The molecule has 6 heteroatoms. The molecule has 0 spiro atoms. The van der Waals surface area contributed by atoms with Crippen LogP contribution in [-0.4, -0.2) is 38.3 Å². The molecule has 0 bridgehead atoms. The molecule has 1 aromatic carbocycles. The van der Waals surface area contributed by atoms with Crippen LogP contribution in [0.1, 0.15) is 56.7 Å². The van der Waals surface area contributed by atoms with E-state index in [1.807, 2.05) is 0 Å². The van der Waals surface area contributed by atoms with Gasteiger partial charge in [0.05, 0.1) is 17.1 Å². The lowest BCUT2D eigenvalue weighted by Gasteiger charge is -2.15.